The fraction of sp³-hybridized carbons (Fsp3) is 0.538. The molecule has 1 heterocycles. The molecule has 1 N–H and O–H groups in total. The molecule has 2 aromatic rings. The lowest BCUT2D eigenvalue weighted by Gasteiger charge is -2.31. The molecular formula is C26H35N3O5. The minimum atomic E-state index is -0.516. The van der Waals surface area contributed by atoms with E-state index in [1.54, 1.807) is 18.2 Å². The van der Waals surface area contributed by atoms with Crippen molar-refractivity contribution in [1.29, 1.82) is 0 Å². The number of benzene rings is 1. The summed E-state index contributed by atoms with van der Waals surface area (Å²) in [5.41, 5.74) is -0.0658. The summed E-state index contributed by atoms with van der Waals surface area (Å²) >= 11 is 0. The standard InChI is InChI=1S/C26H35N3O5/c1-26(2,3)34-25(30)15-14-22(19-10-6-4-7-11-19)27-17-20-16-24(28-18-23(20)29(31)32)33-21-12-8-5-9-13-21/h5,8-9,12-13,16,18-19,22,27H,4,6-7,10-11,14-15,17H2,1-3H3. The fourth-order valence-corrected chi connectivity index (χ4v) is 4.39. The normalized spacial score (nSPS) is 15.5. The zero-order chi connectivity index (χ0) is 24.6. The van der Waals surface area contributed by atoms with Crippen LogP contribution in [0.15, 0.2) is 42.6 Å². The molecule has 8 heteroatoms. The molecule has 1 atom stereocenters. The van der Waals surface area contributed by atoms with E-state index in [0.717, 1.165) is 12.8 Å². The van der Waals surface area contributed by atoms with Gasteiger partial charge in [0.1, 0.15) is 17.5 Å². The molecule has 0 saturated heterocycles. The number of carbonyl (C=O) groups is 1. The summed E-state index contributed by atoms with van der Waals surface area (Å²) in [7, 11) is 0. The first-order chi connectivity index (χ1) is 16.2. The van der Waals surface area contributed by atoms with E-state index in [1.807, 2.05) is 39.0 Å². The first kappa shape index (κ1) is 25.6. The van der Waals surface area contributed by atoms with Crippen LogP contribution in [0.4, 0.5) is 5.69 Å². The van der Waals surface area contributed by atoms with Gasteiger partial charge in [0.15, 0.2) is 0 Å². The van der Waals surface area contributed by atoms with E-state index < -0.39 is 10.5 Å². The monoisotopic (exact) mass is 469 g/mol. The highest BCUT2D eigenvalue weighted by molar-refractivity contribution is 5.69. The van der Waals surface area contributed by atoms with Crippen molar-refractivity contribution in [2.24, 2.45) is 5.92 Å². The smallest absolute Gasteiger partial charge is 0.306 e. The molecule has 184 valence electrons. The third-order valence-electron chi connectivity index (χ3n) is 5.96. The summed E-state index contributed by atoms with van der Waals surface area (Å²) in [5.74, 6) is 1.12. The van der Waals surface area contributed by atoms with Crippen LogP contribution in [0.25, 0.3) is 0 Å². The molecule has 0 amide bonds. The topological polar surface area (TPSA) is 104 Å². The van der Waals surface area contributed by atoms with E-state index in [4.69, 9.17) is 9.47 Å². The van der Waals surface area contributed by atoms with Gasteiger partial charge in [-0.15, -0.1) is 0 Å². The van der Waals surface area contributed by atoms with Crippen LogP contribution in [-0.2, 0) is 16.1 Å². The van der Waals surface area contributed by atoms with Crippen molar-refractivity contribution in [3.63, 3.8) is 0 Å². The highest BCUT2D eigenvalue weighted by atomic mass is 16.6. The van der Waals surface area contributed by atoms with Gasteiger partial charge in [0.05, 0.1) is 10.5 Å². The Hall–Kier alpha value is -3.00. The second kappa shape index (κ2) is 11.9. The summed E-state index contributed by atoms with van der Waals surface area (Å²) in [4.78, 5) is 27.6. The molecule has 0 bridgehead atoms. The summed E-state index contributed by atoms with van der Waals surface area (Å²) in [6.07, 6.45) is 7.92. The van der Waals surface area contributed by atoms with Gasteiger partial charge in [0.25, 0.3) is 5.69 Å². The van der Waals surface area contributed by atoms with Crippen molar-refractivity contribution in [2.75, 3.05) is 0 Å². The maximum Gasteiger partial charge on any atom is 0.306 e. The maximum atomic E-state index is 12.3. The molecule has 0 aliphatic heterocycles. The molecular weight excluding hydrogens is 434 g/mol. The Labute approximate surface area is 201 Å². The number of ether oxygens (including phenoxy) is 2. The van der Waals surface area contributed by atoms with E-state index in [9.17, 15) is 14.9 Å². The Bertz CT molecular complexity index is 953. The number of hydrogen-bond donors (Lipinski definition) is 1. The Balaban J connectivity index is 1.72. The number of carbonyl (C=O) groups excluding carboxylic acids is 1. The second-order valence-corrected chi connectivity index (χ2v) is 9.83. The minimum absolute atomic E-state index is 0.0533. The van der Waals surface area contributed by atoms with E-state index >= 15 is 0 Å². The number of rotatable bonds is 10. The Morgan fingerprint density at radius 2 is 1.91 bits per heavy atom. The van der Waals surface area contributed by atoms with Crippen LogP contribution in [0.2, 0.25) is 0 Å². The fourth-order valence-electron chi connectivity index (χ4n) is 4.39. The summed E-state index contributed by atoms with van der Waals surface area (Å²) in [6.45, 7) is 5.87. The molecule has 34 heavy (non-hydrogen) atoms. The predicted octanol–water partition coefficient (Wildman–Crippen LogP) is 5.94. The van der Waals surface area contributed by atoms with Gasteiger partial charge in [-0.2, -0.15) is 0 Å². The Morgan fingerprint density at radius 3 is 2.56 bits per heavy atom. The van der Waals surface area contributed by atoms with Crippen molar-refractivity contribution in [1.82, 2.24) is 10.3 Å². The summed E-state index contributed by atoms with van der Waals surface area (Å²) in [5, 5.41) is 15.1. The number of pyridine rings is 1. The number of para-hydroxylation sites is 1. The van der Waals surface area contributed by atoms with Gasteiger partial charge in [0, 0.05) is 25.1 Å². The number of esters is 1. The molecule has 3 rings (SSSR count). The number of nitrogens with zero attached hydrogens (tertiary/aromatic N) is 2. The molecule has 1 aliphatic rings. The van der Waals surface area contributed by atoms with Crippen molar-refractivity contribution in [2.45, 2.75) is 83.9 Å². The van der Waals surface area contributed by atoms with Crippen LogP contribution < -0.4 is 10.1 Å². The summed E-state index contributed by atoms with van der Waals surface area (Å²) in [6, 6.07) is 10.9. The minimum Gasteiger partial charge on any atom is -0.460 e. The van der Waals surface area contributed by atoms with Crippen molar-refractivity contribution in [3.8, 4) is 11.6 Å². The maximum absolute atomic E-state index is 12.3. The third-order valence-corrected chi connectivity index (χ3v) is 5.96. The van der Waals surface area contributed by atoms with E-state index in [2.05, 4.69) is 10.3 Å². The van der Waals surface area contributed by atoms with E-state index in [0.29, 0.717) is 42.5 Å². The van der Waals surface area contributed by atoms with Crippen LogP contribution in [0, 0.1) is 16.0 Å². The van der Waals surface area contributed by atoms with Crippen LogP contribution in [0.1, 0.15) is 71.3 Å². The van der Waals surface area contributed by atoms with Gasteiger partial charge in [-0.05, 0) is 58.1 Å². The van der Waals surface area contributed by atoms with Gasteiger partial charge < -0.3 is 14.8 Å². The highest BCUT2D eigenvalue weighted by Crippen LogP contribution is 2.30. The molecule has 1 aromatic carbocycles. The third kappa shape index (κ3) is 8.09. The first-order valence-electron chi connectivity index (χ1n) is 12.0. The van der Waals surface area contributed by atoms with Gasteiger partial charge in [0.2, 0.25) is 5.88 Å². The second-order valence-electron chi connectivity index (χ2n) is 9.83. The molecule has 1 fully saturated rings. The zero-order valence-electron chi connectivity index (χ0n) is 20.3. The number of nitro groups is 1. The number of hydrogen-bond acceptors (Lipinski definition) is 7. The van der Waals surface area contributed by atoms with Gasteiger partial charge in [-0.3, -0.25) is 14.9 Å². The zero-order valence-corrected chi connectivity index (χ0v) is 20.3. The molecule has 1 saturated carbocycles. The predicted molar refractivity (Wildman–Crippen MR) is 130 cm³/mol. The lowest BCUT2D eigenvalue weighted by atomic mass is 9.82. The van der Waals surface area contributed by atoms with E-state index in [1.165, 1.54) is 25.5 Å². The SMILES string of the molecule is CC(C)(C)OC(=O)CCC(NCc1cc(Oc2ccccc2)ncc1[N+](=O)[O-])C1CCCCC1. The van der Waals surface area contributed by atoms with Crippen LogP contribution in [0.5, 0.6) is 11.6 Å². The molecule has 8 nitrogen and oxygen atoms in total. The Kier molecular flexibility index (Phi) is 8.98. The van der Waals surface area contributed by atoms with Crippen molar-refractivity contribution in [3.05, 3.63) is 58.3 Å². The molecule has 0 radical (unpaired) electrons. The average molecular weight is 470 g/mol. The van der Waals surface area contributed by atoms with Crippen LogP contribution in [0.3, 0.4) is 0 Å². The largest absolute Gasteiger partial charge is 0.460 e. The van der Waals surface area contributed by atoms with Gasteiger partial charge in [-0.1, -0.05) is 37.5 Å². The highest BCUT2D eigenvalue weighted by Gasteiger charge is 2.26. The molecule has 1 unspecified atom stereocenters. The average Bonchev–Trinajstić information content (AvgIpc) is 2.79. The number of aromatic nitrogens is 1. The van der Waals surface area contributed by atoms with Crippen LogP contribution in [-0.4, -0.2) is 27.5 Å². The summed E-state index contributed by atoms with van der Waals surface area (Å²) < 4.78 is 11.3. The van der Waals surface area contributed by atoms with Gasteiger partial charge in [-0.25, -0.2) is 4.98 Å². The Morgan fingerprint density at radius 1 is 1.21 bits per heavy atom. The lowest BCUT2D eigenvalue weighted by Crippen LogP contribution is -2.38. The molecule has 1 aromatic heterocycles. The van der Waals surface area contributed by atoms with Crippen LogP contribution >= 0.6 is 0 Å². The van der Waals surface area contributed by atoms with Gasteiger partial charge >= 0.3 is 5.97 Å². The number of nitrogens with one attached hydrogen (secondary N) is 1. The van der Waals surface area contributed by atoms with E-state index in [-0.39, 0.29) is 17.7 Å². The first-order valence-corrected chi connectivity index (χ1v) is 12.0. The lowest BCUT2D eigenvalue weighted by molar-refractivity contribution is -0.386. The molecule has 1 aliphatic carbocycles. The molecule has 0 spiro atoms. The van der Waals surface area contributed by atoms with Crippen molar-refractivity contribution >= 4 is 11.7 Å². The quantitative estimate of drug-likeness (QED) is 0.261. The van der Waals surface area contributed by atoms with Crippen molar-refractivity contribution < 1.29 is 19.2 Å².